The van der Waals surface area contributed by atoms with Crippen LogP contribution in [0.3, 0.4) is 0 Å². The zero-order chi connectivity index (χ0) is 21.1. The van der Waals surface area contributed by atoms with Gasteiger partial charge < -0.3 is 9.30 Å². The Morgan fingerprint density at radius 2 is 1.87 bits per heavy atom. The van der Waals surface area contributed by atoms with Gasteiger partial charge in [0.25, 0.3) is 0 Å². The Kier molecular flexibility index (Phi) is 5.81. The van der Waals surface area contributed by atoms with Crippen molar-refractivity contribution in [3.05, 3.63) is 83.4 Å². The molecular weight excluding hydrogens is 391 g/mol. The Hall–Kier alpha value is -2.80. The minimum atomic E-state index is -4.33. The van der Waals surface area contributed by atoms with Crippen molar-refractivity contribution in [1.29, 1.82) is 0 Å². The van der Waals surface area contributed by atoms with Gasteiger partial charge in [0.15, 0.2) is 0 Å². The number of imidazole rings is 1. The summed E-state index contributed by atoms with van der Waals surface area (Å²) in [6.45, 7) is 2.18. The lowest BCUT2D eigenvalue weighted by atomic mass is 9.92. The van der Waals surface area contributed by atoms with Crippen molar-refractivity contribution in [3.63, 3.8) is 0 Å². The van der Waals surface area contributed by atoms with E-state index in [0.717, 1.165) is 43.9 Å². The van der Waals surface area contributed by atoms with Crippen molar-refractivity contribution in [2.45, 2.75) is 25.1 Å². The maximum Gasteiger partial charge on any atom is 0.416 e. The predicted octanol–water partition coefficient (Wildman–Crippen LogP) is 4.86. The van der Waals surface area contributed by atoms with E-state index >= 15 is 0 Å². The molecule has 0 amide bonds. The third-order valence-corrected chi connectivity index (χ3v) is 5.53. The Morgan fingerprint density at radius 1 is 1.10 bits per heavy atom. The van der Waals surface area contributed by atoms with Crippen molar-refractivity contribution in [2.24, 2.45) is 7.05 Å². The number of aromatic nitrogens is 2. The van der Waals surface area contributed by atoms with Crippen molar-refractivity contribution in [1.82, 2.24) is 14.5 Å². The molecule has 158 valence electrons. The molecule has 2 heterocycles. The van der Waals surface area contributed by atoms with E-state index in [1.807, 2.05) is 19.4 Å². The molecule has 4 rings (SSSR count). The Balaban J connectivity index is 1.40. The van der Waals surface area contributed by atoms with Crippen LogP contribution in [-0.2, 0) is 19.6 Å². The highest BCUT2D eigenvalue weighted by Gasteiger charge is 2.31. The van der Waals surface area contributed by atoms with Gasteiger partial charge in [0.2, 0.25) is 0 Å². The highest BCUT2D eigenvalue weighted by atomic mass is 19.4. The maximum atomic E-state index is 12.7. The van der Waals surface area contributed by atoms with Gasteiger partial charge in [-0.1, -0.05) is 24.3 Å². The van der Waals surface area contributed by atoms with Crippen LogP contribution >= 0.6 is 0 Å². The zero-order valence-corrected chi connectivity index (χ0v) is 16.8. The smallest absolute Gasteiger partial charge is 0.416 e. The van der Waals surface area contributed by atoms with Crippen molar-refractivity contribution < 1.29 is 17.9 Å². The Bertz CT molecular complexity index is 982. The number of alkyl halides is 3. The zero-order valence-electron chi connectivity index (χ0n) is 16.8. The van der Waals surface area contributed by atoms with Gasteiger partial charge in [-0.05, 0) is 48.2 Å². The predicted molar refractivity (Wildman–Crippen MR) is 108 cm³/mol. The molecule has 30 heavy (non-hydrogen) atoms. The molecule has 0 radical (unpaired) electrons. The summed E-state index contributed by atoms with van der Waals surface area (Å²) in [6.07, 6.45) is 1.20. The Labute approximate surface area is 173 Å². The van der Waals surface area contributed by atoms with Gasteiger partial charge in [-0.2, -0.15) is 13.2 Å². The molecule has 1 aliphatic rings. The van der Waals surface area contributed by atoms with Gasteiger partial charge in [0.1, 0.15) is 11.6 Å². The molecule has 1 aromatic heterocycles. The standard InChI is InChI=1S/C23H24F3N3O/c1-28-15-12-27-22(28)21-20-6-3-2-5-17(20)11-14-29(21)13-4-16-30-19-9-7-18(8-10-19)23(24,25)26/h2-3,5-10,12,15,21H,4,11,13-14,16H2,1H3. The number of fused-ring (bicyclic) bond motifs is 1. The molecule has 1 atom stereocenters. The van der Waals surface area contributed by atoms with Crippen LogP contribution in [-0.4, -0.2) is 34.1 Å². The van der Waals surface area contributed by atoms with Gasteiger partial charge in [0, 0.05) is 32.5 Å². The van der Waals surface area contributed by atoms with Crippen molar-refractivity contribution in [2.75, 3.05) is 19.7 Å². The molecule has 7 heteroatoms. The van der Waals surface area contributed by atoms with Gasteiger partial charge in [0.05, 0.1) is 18.2 Å². The fourth-order valence-corrected chi connectivity index (χ4v) is 4.00. The van der Waals surface area contributed by atoms with E-state index in [1.54, 1.807) is 0 Å². The van der Waals surface area contributed by atoms with E-state index in [9.17, 15) is 13.2 Å². The molecule has 0 saturated heterocycles. The summed E-state index contributed by atoms with van der Waals surface area (Å²) < 4.78 is 45.7. The number of hydrogen-bond donors (Lipinski definition) is 0. The van der Waals surface area contributed by atoms with E-state index in [4.69, 9.17) is 4.74 Å². The summed E-state index contributed by atoms with van der Waals surface area (Å²) in [5.41, 5.74) is 1.96. The molecule has 2 aromatic carbocycles. The first-order chi connectivity index (χ1) is 14.4. The third-order valence-electron chi connectivity index (χ3n) is 5.53. The second-order valence-corrected chi connectivity index (χ2v) is 7.51. The number of hydrogen-bond acceptors (Lipinski definition) is 3. The molecule has 0 fully saturated rings. The minimum Gasteiger partial charge on any atom is -0.494 e. The SMILES string of the molecule is Cn1ccnc1C1c2ccccc2CCN1CCCOc1ccc(C(F)(F)F)cc1. The summed E-state index contributed by atoms with van der Waals surface area (Å²) in [4.78, 5) is 6.99. The third kappa shape index (κ3) is 4.36. The first-order valence-corrected chi connectivity index (χ1v) is 10.0. The summed E-state index contributed by atoms with van der Waals surface area (Å²) in [5.74, 6) is 1.46. The fraction of sp³-hybridized carbons (Fsp3) is 0.348. The maximum absolute atomic E-state index is 12.7. The summed E-state index contributed by atoms with van der Waals surface area (Å²) in [6, 6.07) is 13.4. The average molecular weight is 415 g/mol. The van der Waals surface area contributed by atoms with Gasteiger partial charge in [-0.25, -0.2) is 4.98 Å². The number of aryl methyl sites for hydroxylation is 1. The van der Waals surface area contributed by atoms with Crippen LogP contribution in [0.1, 0.15) is 35.0 Å². The first kappa shape index (κ1) is 20.5. The van der Waals surface area contributed by atoms with E-state index < -0.39 is 11.7 Å². The van der Waals surface area contributed by atoms with E-state index in [2.05, 4.69) is 38.7 Å². The highest BCUT2D eigenvalue weighted by molar-refractivity contribution is 5.36. The molecule has 0 spiro atoms. The molecular formula is C23H24F3N3O. The second-order valence-electron chi connectivity index (χ2n) is 7.51. The fourth-order valence-electron chi connectivity index (χ4n) is 4.00. The largest absolute Gasteiger partial charge is 0.494 e. The molecule has 0 saturated carbocycles. The van der Waals surface area contributed by atoms with Crippen molar-refractivity contribution in [3.8, 4) is 5.75 Å². The number of benzene rings is 2. The van der Waals surface area contributed by atoms with E-state index in [1.165, 1.54) is 23.3 Å². The van der Waals surface area contributed by atoms with Gasteiger partial charge >= 0.3 is 6.18 Å². The van der Waals surface area contributed by atoms with Crippen LogP contribution < -0.4 is 4.74 Å². The van der Waals surface area contributed by atoms with Crippen LogP contribution in [0.25, 0.3) is 0 Å². The molecule has 3 aromatic rings. The Morgan fingerprint density at radius 3 is 2.57 bits per heavy atom. The second kappa shape index (κ2) is 8.52. The monoisotopic (exact) mass is 415 g/mol. The van der Waals surface area contributed by atoms with Crippen LogP contribution in [0.4, 0.5) is 13.2 Å². The lowest BCUT2D eigenvalue weighted by Gasteiger charge is -2.37. The lowest BCUT2D eigenvalue weighted by molar-refractivity contribution is -0.137. The lowest BCUT2D eigenvalue weighted by Crippen LogP contribution is -2.38. The van der Waals surface area contributed by atoms with E-state index in [0.29, 0.717) is 12.4 Å². The highest BCUT2D eigenvalue weighted by Crippen LogP contribution is 2.34. The molecule has 1 aliphatic heterocycles. The van der Waals surface area contributed by atoms with E-state index in [-0.39, 0.29) is 6.04 Å². The average Bonchev–Trinajstić information content (AvgIpc) is 3.16. The number of ether oxygens (including phenoxy) is 1. The molecule has 0 aliphatic carbocycles. The van der Waals surface area contributed by atoms with Gasteiger partial charge in [-0.3, -0.25) is 4.90 Å². The quantitative estimate of drug-likeness (QED) is 0.539. The van der Waals surface area contributed by atoms with Crippen LogP contribution in [0.2, 0.25) is 0 Å². The number of rotatable bonds is 6. The summed E-state index contributed by atoms with van der Waals surface area (Å²) in [5, 5.41) is 0. The first-order valence-electron chi connectivity index (χ1n) is 10.0. The minimum absolute atomic E-state index is 0.0843. The van der Waals surface area contributed by atoms with Crippen LogP contribution in [0.15, 0.2) is 60.9 Å². The van der Waals surface area contributed by atoms with Gasteiger partial charge in [-0.15, -0.1) is 0 Å². The molecule has 4 nitrogen and oxygen atoms in total. The number of nitrogens with zero attached hydrogens (tertiary/aromatic N) is 3. The van der Waals surface area contributed by atoms with Crippen LogP contribution in [0, 0.1) is 0 Å². The van der Waals surface area contributed by atoms with Crippen LogP contribution in [0.5, 0.6) is 5.75 Å². The molecule has 1 unspecified atom stereocenters. The molecule has 0 N–H and O–H groups in total. The van der Waals surface area contributed by atoms with Crippen molar-refractivity contribution >= 4 is 0 Å². The summed E-state index contributed by atoms with van der Waals surface area (Å²) in [7, 11) is 2.01. The number of halogens is 3. The normalized spacial score (nSPS) is 17.0. The topological polar surface area (TPSA) is 30.3 Å². The summed E-state index contributed by atoms with van der Waals surface area (Å²) >= 11 is 0. The molecule has 0 bridgehead atoms.